The van der Waals surface area contributed by atoms with Crippen LogP contribution in [-0.2, 0) is 10.9 Å². The zero-order chi connectivity index (χ0) is 13.1. The molecule has 0 radical (unpaired) electrons. The Hall–Kier alpha value is -1.61. The molecular weight excluding hydrogens is 238 g/mol. The van der Waals surface area contributed by atoms with E-state index in [9.17, 15) is 17.6 Å². The average molecular weight is 247 g/mol. The van der Waals surface area contributed by atoms with Gasteiger partial charge in [-0.1, -0.05) is 6.07 Å². The number of alkyl halides is 3. The average Bonchev–Trinajstić information content (AvgIpc) is 2.25. The number of ether oxygens (including phenoxy) is 1. The van der Waals surface area contributed by atoms with Crippen molar-refractivity contribution < 1.29 is 22.3 Å². The summed E-state index contributed by atoms with van der Waals surface area (Å²) in [7, 11) is 0. The summed E-state index contributed by atoms with van der Waals surface area (Å²) in [5.41, 5.74) is -1.55. The second kappa shape index (κ2) is 5.15. The molecule has 0 saturated heterocycles. The zero-order valence-electron chi connectivity index (χ0n) is 8.88. The number of rotatable bonds is 3. The summed E-state index contributed by atoms with van der Waals surface area (Å²) in [5.74, 6) is -1.01. The first kappa shape index (κ1) is 13.5. The van der Waals surface area contributed by atoms with E-state index in [0.29, 0.717) is 6.07 Å². The molecule has 0 N–H and O–H groups in total. The van der Waals surface area contributed by atoms with Crippen molar-refractivity contribution in [2.24, 2.45) is 0 Å². The van der Waals surface area contributed by atoms with Crippen molar-refractivity contribution in [2.75, 3.05) is 6.61 Å². The van der Waals surface area contributed by atoms with Gasteiger partial charge in [-0.25, -0.2) is 4.39 Å². The first-order chi connectivity index (χ1) is 7.90. The van der Waals surface area contributed by atoms with Gasteiger partial charge in [0.25, 0.3) is 0 Å². The summed E-state index contributed by atoms with van der Waals surface area (Å²) < 4.78 is 55.6. The second-order valence-electron chi connectivity index (χ2n) is 3.19. The van der Waals surface area contributed by atoms with Gasteiger partial charge < -0.3 is 4.74 Å². The number of hydrogen-bond donors (Lipinski definition) is 0. The number of halogens is 4. The molecule has 92 valence electrons. The van der Waals surface area contributed by atoms with Gasteiger partial charge in [0.05, 0.1) is 11.6 Å². The van der Waals surface area contributed by atoms with Crippen LogP contribution >= 0.6 is 0 Å². The second-order valence-corrected chi connectivity index (χ2v) is 3.19. The molecule has 6 heteroatoms. The van der Waals surface area contributed by atoms with Crippen molar-refractivity contribution in [1.82, 2.24) is 0 Å². The molecule has 17 heavy (non-hydrogen) atoms. The Morgan fingerprint density at radius 2 is 2.06 bits per heavy atom. The number of hydrogen-bond acceptors (Lipinski definition) is 2. The molecule has 1 aromatic carbocycles. The molecule has 0 aliphatic heterocycles. The van der Waals surface area contributed by atoms with Crippen molar-refractivity contribution in [1.29, 1.82) is 5.26 Å². The number of benzene rings is 1. The molecule has 1 aromatic rings. The molecule has 0 heterocycles. The maximum atomic E-state index is 12.8. The third kappa shape index (κ3) is 3.17. The first-order valence-corrected chi connectivity index (χ1v) is 4.78. The molecule has 2 nitrogen and oxygen atoms in total. The highest BCUT2D eigenvalue weighted by atomic mass is 19.4. The SMILES string of the molecule is CCOC(C#N)c1ccc(F)cc1C(F)(F)F. The van der Waals surface area contributed by atoms with E-state index in [4.69, 9.17) is 10.00 Å². The molecule has 0 spiro atoms. The van der Waals surface area contributed by atoms with Gasteiger partial charge in [-0.05, 0) is 19.1 Å². The van der Waals surface area contributed by atoms with Crippen molar-refractivity contribution in [3.8, 4) is 6.07 Å². The van der Waals surface area contributed by atoms with E-state index in [1.54, 1.807) is 13.0 Å². The van der Waals surface area contributed by atoms with E-state index < -0.39 is 23.7 Å². The third-order valence-corrected chi connectivity index (χ3v) is 2.05. The predicted octanol–water partition coefficient (Wildman–Crippen LogP) is 3.45. The molecular formula is C11H9F4NO. The van der Waals surface area contributed by atoms with Crippen molar-refractivity contribution in [3.05, 3.63) is 35.1 Å². The normalized spacial score (nSPS) is 13.2. The van der Waals surface area contributed by atoms with E-state index >= 15 is 0 Å². The largest absolute Gasteiger partial charge is 0.416 e. The van der Waals surface area contributed by atoms with Crippen LogP contribution in [0.15, 0.2) is 18.2 Å². The molecule has 1 unspecified atom stereocenters. The fraction of sp³-hybridized carbons (Fsp3) is 0.364. The Labute approximate surface area is 95.4 Å². The molecule has 0 amide bonds. The van der Waals surface area contributed by atoms with Gasteiger partial charge in [-0.15, -0.1) is 0 Å². The standard InChI is InChI=1S/C11H9F4NO/c1-2-17-10(6-16)8-4-3-7(12)5-9(8)11(13,14)15/h3-5,10H,2H2,1H3. The van der Waals surface area contributed by atoms with E-state index in [-0.39, 0.29) is 12.2 Å². The summed E-state index contributed by atoms with van der Waals surface area (Å²) in [4.78, 5) is 0. The Bertz CT molecular complexity index is 436. The first-order valence-electron chi connectivity index (χ1n) is 4.78. The highest BCUT2D eigenvalue weighted by Crippen LogP contribution is 2.35. The van der Waals surface area contributed by atoms with Crippen LogP contribution in [0.4, 0.5) is 17.6 Å². The molecule has 1 atom stereocenters. The fourth-order valence-electron chi connectivity index (χ4n) is 1.37. The van der Waals surface area contributed by atoms with Crippen molar-refractivity contribution >= 4 is 0 Å². The van der Waals surface area contributed by atoms with E-state index in [0.717, 1.165) is 12.1 Å². The van der Waals surface area contributed by atoms with Crippen LogP contribution in [0.1, 0.15) is 24.2 Å². The quantitative estimate of drug-likeness (QED) is 0.766. The monoisotopic (exact) mass is 247 g/mol. The molecule has 0 aliphatic rings. The van der Waals surface area contributed by atoms with Gasteiger partial charge in [0.15, 0.2) is 6.10 Å². The Kier molecular flexibility index (Phi) is 4.07. The molecule has 0 saturated carbocycles. The molecule has 0 aliphatic carbocycles. The van der Waals surface area contributed by atoms with Gasteiger partial charge in [0.2, 0.25) is 0 Å². The molecule has 1 rings (SSSR count). The van der Waals surface area contributed by atoms with Crippen LogP contribution in [-0.4, -0.2) is 6.61 Å². The van der Waals surface area contributed by atoms with Gasteiger partial charge in [0.1, 0.15) is 5.82 Å². The Morgan fingerprint density at radius 3 is 2.53 bits per heavy atom. The number of nitriles is 1. The van der Waals surface area contributed by atoms with Crippen LogP contribution in [0.2, 0.25) is 0 Å². The number of nitrogens with zero attached hydrogens (tertiary/aromatic N) is 1. The highest BCUT2D eigenvalue weighted by Gasteiger charge is 2.36. The lowest BCUT2D eigenvalue weighted by atomic mass is 10.0. The smallest absolute Gasteiger partial charge is 0.359 e. The highest BCUT2D eigenvalue weighted by molar-refractivity contribution is 5.34. The van der Waals surface area contributed by atoms with Gasteiger partial charge in [-0.3, -0.25) is 0 Å². The van der Waals surface area contributed by atoms with Crippen LogP contribution in [0.25, 0.3) is 0 Å². The Morgan fingerprint density at radius 1 is 1.41 bits per heavy atom. The molecule has 0 fully saturated rings. The maximum Gasteiger partial charge on any atom is 0.416 e. The molecule has 0 bridgehead atoms. The lowest BCUT2D eigenvalue weighted by molar-refractivity contribution is -0.139. The summed E-state index contributed by atoms with van der Waals surface area (Å²) in [6.07, 6.45) is -6.07. The van der Waals surface area contributed by atoms with Crippen LogP contribution in [0.5, 0.6) is 0 Å². The minimum atomic E-state index is -4.72. The maximum absolute atomic E-state index is 12.8. The molecule has 0 aromatic heterocycles. The van der Waals surface area contributed by atoms with Gasteiger partial charge in [0, 0.05) is 12.2 Å². The summed E-state index contributed by atoms with van der Waals surface area (Å²) >= 11 is 0. The topological polar surface area (TPSA) is 33.0 Å². The van der Waals surface area contributed by atoms with Crippen molar-refractivity contribution in [3.63, 3.8) is 0 Å². The minimum absolute atomic E-state index is 0.0902. The third-order valence-electron chi connectivity index (χ3n) is 2.05. The summed E-state index contributed by atoms with van der Waals surface area (Å²) in [5, 5.41) is 8.73. The lowest BCUT2D eigenvalue weighted by Gasteiger charge is -2.16. The predicted molar refractivity (Wildman–Crippen MR) is 51.4 cm³/mol. The van der Waals surface area contributed by atoms with Crippen molar-refractivity contribution in [2.45, 2.75) is 19.2 Å². The van der Waals surface area contributed by atoms with E-state index in [2.05, 4.69) is 0 Å². The fourth-order valence-corrected chi connectivity index (χ4v) is 1.37. The lowest BCUT2D eigenvalue weighted by Crippen LogP contribution is -2.13. The van der Waals surface area contributed by atoms with Gasteiger partial charge >= 0.3 is 6.18 Å². The Balaban J connectivity index is 3.28. The van der Waals surface area contributed by atoms with E-state index in [1.165, 1.54) is 0 Å². The minimum Gasteiger partial charge on any atom is -0.359 e. The van der Waals surface area contributed by atoms with Gasteiger partial charge in [-0.2, -0.15) is 18.4 Å². The zero-order valence-corrected chi connectivity index (χ0v) is 8.88. The summed E-state index contributed by atoms with van der Waals surface area (Å²) in [6, 6.07) is 3.75. The van der Waals surface area contributed by atoms with Crippen LogP contribution < -0.4 is 0 Å². The summed E-state index contributed by atoms with van der Waals surface area (Å²) in [6.45, 7) is 1.65. The van der Waals surface area contributed by atoms with Crippen LogP contribution in [0, 0.1) is 17.1 Å². The van der Waals surface area contributed by atoms with E-state index in [1.807, 2.05) is 0 Å². The van der Waals surface area contributed by atoms with Crippen LogP contribution in [0.3, 0.4) is 0 Å².